The van der Waals surface area contributed by atoms with Crippen LogP contribution in [0.15, 0.2) is 48.5 Å². The average molecular weight is 263 g/mol. The summed E-state index contributed by atoms with van der Waals surface area (Å²) in [5, 5.41) is 3.19. The molecule has 0 saturated carbocycles. The van der Waals surface area contributed by atoms with Gasteiger partial charge in [0, 0.05) is 12.2 Å². The first-order chi connectivity index (χ1) is 9.27. The van der Waals surface area contributed by atoms with Crippen molar-refractivity contribution in [2.45, 2.75) is 6.42 Å². The summed E-state index contributed by atoms with van der Waals surface area (Å²) in [5.41, 5.74) is 1.01. The van der Waals surface area contributed by atoms with Gasteiger partial charge >= 0.3 is 0 Å². The lowest BCUT2D eigenvalue weighted by Crippen LogP contribution is -2.08. The monoisotopic (exact) mass is 263 g/mol. The Morgan fingerprint density at radius 1 is 0.895 bits per heavy atom. The molecule has 2 nitrogen and oxygen atoms in total. The SMILES string of the molecule is Fc1cccc(F)c1OCCCNc1ccccc1. The van der Waals surface area contributed by atoms with Gasteiger partial charge in [-0.15, -0.1) is 0 Å². The van der Waals surface area contributed by atoms with E-state index in [2.05, 4.69) is 5.32 Å². The summed E-state index contributed by atoms with van der Waals surface area (Å²) in [6, 6.07) is 13.4. The standard InChI is InChI=1S/C15H15F2NO/c16-13-8-4-9-14(17)15(13)19-11-5-10-18-12-6-2-1-3-7-12/h1-4,6-9,18H,5,10-11H2. The normalized spacial score (nSPS) is 10.2. The molecule has 0 saturated heterocycles. The van der Waals surface area contributed by atoms with Gasteiger partial charge in [-0.1, -0.05) is 24.3 Å². The molecule has 4 heteroatoms. The maximum absolute atomic E-state index is 13.2. The predicted molar refractivity (Wildman–Crippen MR) is 71.4 cm³/mol. The maximum atomic E-state index is 13.2. The van der Waals surface area contributed by atoms with Crippen molar-refractivity contribution in [3.63, 3.8) is 0 Å². The Morgan fingerprint density at radius 2 is 1.58 bits per heavy atom. The van der Waals surface area contributed by atoms with E-state index in [-0.39, 0.29) is 12.4 Å². The highest BCUT2D eigenvalue weighted by Gasteiger charge is 2.08. The van der Waals surface area contributed by atoms with Gasteiger partial charge in [0.2, 0.25) is 0 Å². The van der Waals surface area contributed by atoms with Crippen molar-refractivity contribution >= 4 is 5.69 Å². The summed E-state index contributed by atoms with van der Waals surface area (Å²) in [5.74, 6) is -1.64. The molecular formula is C15H15F2NO. The Balaban J connectivity index is 1.73. The number of para-hydroxylation sites is 2. The van der Waals surface area contributed by atoms with Gasteiger partial charge in [0.05, 0.1) is 6.61 Å². The Hall–Kier alpha value is -2.10. The molecule has 2 rings (SSSR count). The van der Waals surface area contributed by atoms with Crippen LogP contribution in [0.4, 0.5) is 14.5 Å². The minimum atomic E-state index is -0.670. The molecule has 0 radical (unpaired) electrons. The van der Waals surface area contributed by atoms with E-state index in [1.165, 1.54) is 18.2 Å². The van der Waals surface area contributed by atoms with Gasteiger partial charge in [0.15, 0.2) is 17.4 Å². The minimum Gasteiger partial charge on any atom is -0.488 e. The van der Waals surface area contributed by atoms with Crippen LogP contribution in [0.2, 0.25) is 0 Å². The van der Waals surface area contributed by atoms with Crippen LogP contribution in [-0.4, -0.2) is 13.2 Å². The molecule has 0 spiro atoms. The van der Waals surface area contributed by atoms with Crippen LogP contribution in [0, 0.1) is 11.6 Å². The van der Waals surface area contributed by atoms with Gasteiger partial charge in [0.1, 0.15) is 0 Å². The quantitative estimate of drug-likeness (QED) is 0.799. The summed E-state index contributed by atoms with van der Waals surface area (Å²) in [6.45, 7) is 0.942. The van der Waals surface area contributed by atoms with E-state index in [9.17, 15) is 8.78 Å². The van der Waals surface area contributed by atoms with E-state index < -0.39 is 11.6 Å². The molecule has 1 N–H and O–H groups in total. The highest BCUT2D eigenvalue weighted by atomic mass is 19.1. The fourth-order valence-corrected chi connectivity index (χ4v) is 1.66. The zero-order chi connectivity index (χ0) is 13.5. The molecular weight excluding hydrogens is 248 g/mol. The predicted octanol–water partition coefficient (Wildman–Crippen LogP) is 3.85. The second-order valence-corrected chi connectivity index (χ2v) is 4.05. The number of halogens is 2. The third-order valence-corrected chi connectivity index (χ3v) is 2.59. The molecule has 0 aliphatic heterocycles. The van der Waals surface area contributed by atoms with E-state index in [0.29, 0.717) is 13.0 Å². The fraction of sp³-hybridized carbons (Fsp3) is 0.200. The third-order valence-electron chi connectivity index (χ3n) is 2.59. The van der Waals surface area contributed by atoms with Crippen molar-refractivity contribution in [2.75, 3.05) is 18.5 Å². The summed E-state index contributed by atoms with van der Waals surface area (Å²) in [7, 11) is 0. The molecule has 2 aromatic rings. The van der Waals surface area contributed by atoms with Gasteiger partial charge in [0.25, 0.3) is 0 Å². The van der Waals surface area contributed by atoms with Crippen molar-refractivity contribution in [1.82, 2.24) is 0 Å². The lowest BCUT2D eigenvalue weighted by atomic mass is 10.3. The highest BCUT2D eigenvalue weighted by Crippen LogP contribution is 2.20. The smallest absolute Gasteiger partial charge is 0.190 e. The van der Waals surface area contributed by atoms with Gasteiger partial charge in [-0.3, -0.25) is 0 Å². The molecule has 0 aliphatic rings. The van der Waals surface area contributed by atoms with Gasteiger partial charge in [-0.2, -0.15) is 0 Å². The number of nitrogens with one attached hydrogen (secondary N) is 1. The molecule has 0 unspecified atom stereocenters. The topological polar surface area (TPSA) is 21.3 Å². The van der Waals surface area contributed by atoms with Crippen LogP contribution in [0.25, 0.3) is 0 Å². The Kier molecular flexibility index (Phi) is 4.72. The second kappa shape index (κ2) is 6.73. The molecule has 100 valence electrons. The lowest BCUT2D eigenvalue weighted by Gasteiger charge is -2.09. The van der Waals surface area contributed by atoms with Crippen LogP contribution < -0.4 is 10.1 Å². The van der Waals surface area contributed by atoms with Crippen LogP contribution in [0.5, 0.6) is 5.75 Å². The summed E-state index contributed by atoms with van der Waals surface area (Å²) in [6.07, 6.45) is 0.655. The first-order valence-corrected chi connectivity index (χ1v) is 6.13. The first-order valence-electron chi connectivity index (χ1n) is 6.13. The van der Waals surface area contributed by atoms with E-state index >= 15 is 0 Å². The number of benzene rings is 2. The Morgan fingerprint density at radius 3 is 2.26 bits per heavy atom. The molecule has 0 heterocycles. The van der Waals surface area contributed by atoms with Crippen molar-refractivity contribution in [2.24, 2.45) is 0 Å². The number of hydrogen-bond donors (Lipinski definition) is 1. The van der Waals surface area contributed by atoms with Crippen LogP contribution in [0.1, 0.15) is 6.42 Å². The number of ether oxygens (including phenoxy) is 1. The Bertz CT molecular complexity index is 497. The van der Waals surface area contributed by atoms with Crippen molar-refractivity contribution in [3.8, 4) is 5.75 Å². The van der Waals surface area contributed by atoms with Gasteiger partial charge < -0.3 is 10.1 Å². The summed E-state index contributed by atoms with van der Waals surface area (Å²) < 4.78 is 31.6. The largest absolute Gasteiger partial charge is 0.488 e. The summed E-state index contributed by atoms with van der Waals surface area (Å²) in [4.78, 5) is 0. The summed E-state index contributed by atoms with van der Waals surface area (Å²) >= 11 is 0. The van der Waals surface area contributed by atoms with Crippen LogP contribution >= 0.6 is 0 Å². The zero-order valence-electron chi connectivity index (χ0n) is 10.4. The first kappa shape index (κ1) is 13.3. The second-order valence-electron chi connectivity index (χ2n) is 4.05. The lowest BCUT2D eigenvalue weighted by molar-refractivity contribution is 0.283. The molecule has 0 bridgehead atoms. The number of anilines is 1. The van der Waals surface area contributed by atoms with E-state index in [1.807, 2.05) is 30.3 Å². The highest BCUT2D eigenvalue weighted by molar-refractivity contribution is 5.42. The third kappa shape index (κ3) is 3.95. The number of rotatable bonds is 6. The molecule has 19 heavy (non-hydrogen) atoms. The minimum absolute atomic E-state index is 0.262. The zero-order valence-corrected chi connectivity index (χ0v) is 10.4. The molecule has 0 atom stereocenters. The van der Waals surface area contributed by atoms with E-state index in [4.69, 9.17) is 4.74 Å². The number of hydrogen-bond acceptors (Lipinski definition) is 2. The average Bonchev–Trinajstić information content (AvgIpc) is 2.42. The molecule has 0 aromatic heterocycles. The van der Waals surface area contributed by atoms with Crippen LogP contribution in [0.3, 0.4) is 0 Å². The van der Waals surface area contributed by atoms with Crippen molar-refractivity contribution in [1.29, 1.82) is 0 Å². The fourth-order valence-electron chi connectivity index (χ4n) is 1.66. The van der Waals surface area contributed by atoms with Crippen LogP contribution in [-0.2, 0) is 0 Å². The molecule has 0 aliphatic carbocycles. The Labute approximate surface area is 111 Å². The van der Waals surface area contributed by atoms with Gasteiger partial charge in [-0.25, -0.2) is 8.78 Å². The van der Waals surface area contributed by atoms with Gasteiger partial charge in [-0.05, 0) is 30.7 Å². The van der Waals surface area contributed by atoms with Crippen molar-refractivity contribution < 1.29 is 13.5 Å². The maximum Gasteiger partial charge on any atom is 0.190 e. The molecule has 0 amide bonds. The molecule has 0 fully saturated rings. The van der Waals surface area contributed by atoms with E-state index in [0.717, 1.165) is 5.69 Å². The van der Waals surface area contributed by atoms with Crippen molar-refractivity contribution in [3.05, 3.63) is 60.2 Å². The van der Waals surface area contributed by atoms with E-state index in [1.54, 1.807) is 0 Å². The molecule has 2 aromatic carbocycles.